The van der Waals surface area contributed by atoms with E-state index in [1.54, 1.807) is 44.2 Å². The fourth-order valence-corrected chi connectivity index (χ4v) is 1.84. The second kappa shape index (κ2) is 5.48. The lowest BCUT2D eigenvalue weighted by Crippen LogP contribution is -2.14. The SMILES string of the molecule is Cc1cc(C(=O)Nc2ccc(/C(N)=N/O)cc2)c(C)o1. The van der Waals surface area contributed by atoms with Crippen LogP contribution < -0.4 is 11.1 Å². The average Bonchev–Trinajstić information content (AvgIpc) is 2.78. The van der Waals surface area contributed by atoms with Crippen LogP contribution in [0.4, 0.5) is 5.69 Å². The van der Waals surface area contributed by atoms with Crippen molar-refractivity contribution >= 4 is 17.4 Å². The van der Waals surface area contributed by atoms with E-state index in [2.05, 4.69) is 10.5 Å². The van der Waals surface area contributed by atoms with Crippen LogP contribution in [0.5, 0.6) is 0 Å². The monoisotopic (exact) mass is 273 g/mol. The molecule has 6 heteroatoms. The number of furan rings is 1. The predicted octanol–water partition coefficient (Wildman–Crippen LogP) is 2.24. The molecule has 0 atom stereocenters. The molecule has 0 saturated carbocycles. The Bertz CT molecular complexity index is 657. The number of amides is 1. The number of rotatable bonds is 3. The molecule has 0 fully saturated rings. The first-order valence-corrected chi connectivity index (χ1v) is 5.97. The van der Waals surface area contributed by atoms with E-state index >= 15 is 0 Å². The largest absolute Gasteiger partial charge is 0.466 e. The third kappa shape index (κ3) is 2.80. The topological polar surface area (TPSA) is 101 Å². The number of aryl methyl sites for hydroxylation is 2. The van der Waals surface area contributed by atoms with E-state index in [9.17, 15) is 4.79 Å². The van der Waals surface area contributed by atoms with E-state index in [4.69, 9.17) is 15.4 Å². The standard InChI is InChI=1S/C14H15N3O3/c1-8-7-12(9(2)20-8)14(18)16-11-5-3-10(4-6-11)13(15)17-19/h3-7,19H,1-2H3,(H2,15,17)(H,16,18). The number of anilines is 1. The molecule has 0 aliphatic heterocycles. The Balaban J connectivity index is 2.14. The van der Waals surface area contributed by atoms with Gasteiger partial charge in [0.1, 0.15) is 11.5 Å². The van der Waals surface area contributed by atoms with Crippen molar-refractivity contribution in [3.8, 4) is 0 Å². The molecular formula is C14H15N3O3. The second-order valence-electron chi connectivity index (χ2n) is 4.34. The van der Waals surface area contributed by atoms with E-state index < -0.39 is 0 Å². The van der Waals surface area contributed by atoms with Crippen molar-refractivity contribution in [3.63, 3.8) is 0 Å². The van der Waals surface area contributed by atoms with Gasteiger partial charge in [-0.25, -0.2) is 0 Å². The van der Waals surface area contributed by atoms with E-state index in [1.165, 1.54) is 0 Å². The van der Waals surface area contributed by atoms with Crippen molar-refractivity contribution in [2.75, 3.05) is 5.32 Å². The van der Waals surface area contributed by atoms with Crippen LogP contribution in [0.3, 0.4) is 0 Å². The highest BCUT2D eigenvalue weighted by molar-refractivity contribution is 6.05. The number of hydrogen-bond acceptors (Lipinski definition) is 4. The van der Waals surface area contributed by atoms with Crippen LogP contribution in [-0.2, 0) is 0 Å². The molecule has 0 bridgehead atoms. The lowest BCUT2D eigenvalue weighted by Gasteiger charge is -2.05. The highest BCUT2D eigenvalue weighted by atomic mass is 16.4. The molecule has 2 rings (SSSR count). The van der Waals surface area contributed by atoms with Crippen molar-refractivity contribution in [3.05, 3.63) is 53.0 Å². The maximum Gasteiger partial charge on any atom is 0.259 e. The summed E-state index contributed by atoms with van der Waals surface area (Å²) < 4.78 is 5.32. The van der Waals surface area contributed by atoms with Crippen molar-refractivity contribution in [1.82, 2.24) is 0 Å². The van der Waals surface area contributed by atoms with Crippen LogP contribution in [0.2, 0.25) is 0 Å². The number of carbonyl (C=O) groups is 1. The van der Waals surface area contributed by atoms with Gasteiger partial charge in [0.15, 0.2) is 5.84 Å². The molecule has 4 N–H and O–H groups in total. The number of amidine groups is 1. The van der Waals surface area contributed by atoms with E-state index in [0.717, 1.165) is 0 Å². The summed E-state index contributed by atoms with van der Waals surface area (Å²) in [6.07, 6.45) is 0. The Morgan fingerprint density at radius 2 is 1.95 bits per heavy atom. The first kappa shape index (κ1) is 13.7. The summed E-state index contributed by atoms with van der Waals surface area (Å²) in [5.41, 5.74) is 7.15. The predicted molar refractivity (Wildman–Crippen MR) is 75.1 cm³/mol. The summed E-state index contributed by atoms with van der Waals surface area (Å²) in [7, 11) is 0. The molecular weight excluding hydrogens is 258 g/mol. The highest BCUT2D eigenvalue weighted by Gasteiger charge is 2.13. The van der Waals surface area contributed by atoms with Gasteiger partial charge in [-0.15, -0.1) is 0 Å². The van der Waals surface area contributed by atoms with E-state index in [1.807, 2.05) is 0 Å². The van der Waals surface area contributed by atoms with Crippen LogP contribution in [0.1, 0.15) is 27.4 Å². The Morgan fingerprint density at radius 1 is 1.30 bits per heavy atom. The maximum absolute atomic E-state index is 12.1. The first-order valence-electron chi connectivity index (χ1n) is 5.97. The quantitative estimate of drug-likeness (QED) is 0.345. The Hall–Kier alpha value is -2.76. The summed E-state index contributed by atoms with van der Waals surface area (Å²) in [5, 5.41) is 14.2. The van der Waals surface area contributed by atoms with Crippen LogP contribution in [0.15, 0.2) is 39.9 Å². The zero-order chi connectivity index (χ0) is 14.7. The Kier molecular flexibility index (Phi) is 3.74. The minimum Gasteiger partial charge on any atom is -0.466 e. The Labute approximate surface area is 115 Å². The van der Waals surface area contributed by atoms with Gasteiger partial charge >= 0.3 is 0 Å². The van der Waals surface area contributed by atoms with Crippen molar-refractivity contribution in [1.29, 1.82) is 0 Å². The molecule has 1 amide bonds. The molecule has 0 aliphatic rings. The van der Waals surface area contributed by atoms with E-state index in [-0.39, 0.29) is 11.7 Å². The Morgan fingerprint density at radius 3 is 2.45 bits per heavy atom. The van der Waals surface area contributed by atoms with Crippen LogP contribution in [-0.4, -0.2) is 17.0 Å². The summed E-state index contributed by atoms with van der Waals surface area (Å²) in [4.78, 5) is 12.1. The van der Waals surface area contributed by atoms with Gasteiger partial charge in [-0.1, -0.05) is 5.16 Å². The normalized spacial score (nSPS) is 11.4. The van der Waals surface area contributed by atoms with Crippen LogP contribution in [0.25, 0.3) is 0 Å². The minimum atomic E-state index is -0.240. The number of nitrogens with two attached hydrogens (primary N) is 1. The number of oxime groups is 1. The molecule has 0 spiro atoms. The molecule has 20 heavy (non-hydrogen) atoms. The maximum atomic E-state index is 12.1. The average molecular weight is 273 g/mol. The molecule has 0 unspecified atom stereocenters. The van der Waals surface area contributed by atoms with Gasteiger partial charge in [0.2, 0.25) is 0 Å². The van der Waals surface area contributed by atoms with Gasteiger partial charge in [-0.2, -0.15) is 0 Å². The van der Waals surface area contributed by atoms with Crippen molar-refractivity contribution < 1.29 is 14.4 Å². The highest BCUT2D eigenvalue weighted by Crippen LogP contribution is 2.16. The van der Waals surface area contributed by atoms with Gasteiger partial charge in [-0.3, -0.25) is 4.79 Å². The number of nitrogens with zero attached hydrogens (tertiary/aromatic N) is 1. The summed E-state index contributed by atoms with van der Waals surface area (Å²) in [6.45, 7) is 3.53. The summed E-state index contributed by atoms with van der Waals surface area (Å²) in [5.74, 6) is 1.04. The number of benzene rings is 1. The zero-order valence-corrected chi connectivity index (χ0v) is 11.2. The number of carbonyl (C=O) groups excluding carboxylic acids is 1. The third-order valence-electron chi connectivity index (χ3n) is 2.83. The second-order valence-corrected chi connectivity index (χ2v) is 4.34. The fraction of sp³-hybridized carbons (Fsp3) is 0.143. The molecule has 0 saturated heterocycles. The van der Waals surface area contributed by atoms with Crippen LogP contribution >= 0.6 is 0 Å². The van der Waals surface area contributed by atoms with Crippen molar-refractivity contribution in [2.45, 2.75) is 13.8 Å². The number of hydrogen-bond donors (Lipinski definition) is 3. The molecule has 1 aromatic heterocycles. The van der Waals surface area contributed by atoms with E-state index in [0.29, 0.717) is 28.3 Å². The van der Waals surface area contributed by atoms with Gasteiger partial charge in [0, 0.05) is 11.3 Å². The molecule has 1 aromatic carbocycles. The van der Waals surface area contributed by atoms with Gasteiger partial charge < -0.3 is 20.7 Å². The lowest BCUT2D eigenvalue weighted by molar-refractivity contribution is 0.102. The molecule has 0 radical (unpaired) electrons. The van der Waals surface area contributed by atoms with Gasteiger partial charge in [0.05, 0.1) is 5.56 Å². The van der Waals surface area contributed by atoms with Crippen LogP contribution in [0, 0.1) is 13.8 Å². The van der Waals surface area contributed by atoms with Crippen molar-refractivity contribution in [2.24, 2.45) is 10.9 Å². The molecule has 0 aliphatic carbocycles. The fourth-order valence-electron chi connectivity index (χ4n) is 1.84. The zero-order valence-electron chi connectivity index (χ0n) is 11.2. The molecule has 6 nitrogen and oxygen atoms in total. The summed E-state index contributed by atoms with van der Waals surface area (Å²) in [6, 6.07) is 8.34. The minimum absolute atomic E-state index is 0.0178. The molecule has 1 heterocycles. The summed E-state index contributed by atoms with van der Waals surface area (Å²) >= 11 is 0. The first-order chi connectivity index (χ1) is 9.51. The van der Waals surface area contributed by atoms with Gasteiger partial charge in [0.25, 0.3) is 5.91 Å². The molecule has 104 valence electrons. The number of nitrogens with one attached hydrogen (secondary N) is 1. The smallest absolute Gasteiger partial charge is 0.259 e. The lowest BCUT2D eigenvalue weighted by atomic mass is 10.2. The van der Waals surface area contributed by atoms with Gasteiger partial charge in [-0.05, 0) is 44.2 Å². The molecule has 2 aromatic rings. The third-order valence-corrected chi connectivity index (χ3v) is 2.83.